The maximum atomic E-state index is 13.4. The number of benzene rings is 1. The first kappa shape index (κ1) is 22.2. The van der Waals surface area contributed by atoms with Gasteiger partial charge in [-0.2, -0.15) is 0 Å². The molecule has 0 aliphatic heterocycles. The van der Waals surface area contributed by atoms with Gasteiger partial charge in [-0.05, 0) is 31.2 Å². The molecule has 28 heavy (non-hydrogen) atoms. The molecule has 152 valence electrons. The van der Waals surface area contributed by atoms with E-state index in [0.29, 0.717) is 44.9 Å². The number of hydrogen-bond donors (Lipinski definition) is 0. The summed E-state index contributed by atoms with van der Waals surface area (Å²) in [5.74, 6) is -3.54. The van der Waals surface area contributed by atoms with Crippen molar-refractivity contribution in [2.24, 2.45) is 17.3 Å². The van der Waals surface area contributed by atoms with E-state index >= 15 is 0 Å². The second kappa shape index (κ2) is 9.90. The van der Waals surface area contributed by atoms with E-state index in [1.807, 2.05) is 51.1 Å². The quantitative estimate of drug-likeness (QED) is 0.556. The lowest BCUT2D eigenvalue weighted by Crippen LogP contribution is -2.57. The Balaban J connectivity index is 2.34. The summed E-state index contributed by atoms with van der Waals surface area (Å²) in [6.45, 7) is 5.80. The normalized spacial score (nSPS) is 21.8. The number of hydrogen-bond acceptors (Lipinski definition) is 4. The van der Waals surface area contributed by atoms with Gasteiger partial charge >= 0.3 is 0 Å². The zero-order chi connectivity index (χ0) is 20.7. The number of rotatable bonds is 10. The zero-order valence-corrected chi connectivity index (χ0v) is 17.3. The molecule has 0 heterocycles. The average Bonchev–Trinajstić information content (AvgIpc) is 2.69. The van der Waals surface area contributed by atoms with Crippen molar-refractivity contribution in [3.8, 4) is 0 Å². The summed E-state index contributed by atoms with van der Waals surface area (Å²) < 4.78 is 0. The molecular weight excluding hydrogens is 352 g/mol. The fraction of sp³-hybridized carbons (Fsp3) is 0.583. The minimum absolute atomic E-state index is 0.146. The van der Waals surface area contributed by atoms with Gasteiger partial charge in [-0.15, -0.1) is 0 Å². The van der Waals surface area contributed by atoms with Gasteiger partial charge in [0.1, 0.15) is 5.92 Å². The lowest BCUT2D eigenvalue weighted by Gasteiger charge is -2.40. The number of carbonyl (C=O) groups is 4. The average molecular weight is 385 g/mol. The van der Waals surface area contributed by atoms with Crippen LogP contribution in [-0.2, 0) is 25.6 Å². The molecule has 1 aliphatic carbocycles. The van der Waals surface area contributed by atoms with Crippen molar-refractivity contribution in [3.05, 3.63) is 35.9 Å². The molecule has 2 rings (SSSR count). The Morgan fingerprint density at radius 3 is 2.04 bits per heavy atom. The number of carbonyl (C=O) groups excluding carboxylic acids is 4. The van der Waals surface area contributed by atoms with Crippen LogP contribution < -0.4 is 0 Å². The SMILES string of the molecule is CCCC1C(=O)C(C(=O)CCc2ccccc2)C(=O)C(CCC)(CCC)C1=O. The number of ketones is 4. The maximum Gasteiger partial charge on any atom is 0.164 e. The summed E-state index contributed by atoms with van der Waals surface area (Å²) in [7, 11) is 0. The zero-order valence-electron chi connectivity index (χ0n) is 17.3. The minimum atomic E-state index is -1.27. The highest BCUT2D eigenvalue weighted by molar-refractivity contribution is 6.33. The first-order chi connectivity index (χ1) is 13.4. The van der Waals surface area contributed by atoms with Gasteiger partial charge in [-0.1, -0.05) is 70.4 Å². The van der Waals surface area contributed by atoms with Crippen molar-refractivity contribution in [1.29, 1.82) is 0 Å². The molecule has 4 nitrogen and oxygen atoms in total. The van der Waals surface area contributed by atoms with Gasteiger partial charge in [-0.25, -0.2) is 0 Å². The van der Waals surface area contributed by atoms with Crippen molar-refractivity contribution < 1.29 is 19.2 Å². The molecule has 1 aliphatic rings. The van der Waals surface area contributed by atoms with Gasteiger partial charge in [0.25, 0.3) is 0 Å². The molecule has 1 aromatic rings. The van der Waals surface area contributed by atoms with Gasteiger partial charge < -0.3 is 0 Å². The lowest BCUT2D eigenvalue weighted by molar-refractivity contribution is -0.160. The molecule has 4 heteroatoms. The van der Waals surface area contributed by atoms with E-state index in [1.165, 1.54) is 0 Å². The summed E-state index contributed by atoms with van der Waals surface area (Å²) >= 11 is 0. The lowest BCUT2D eigenvalue weighted by atomic mass is 9.57. The third kappa shape index (κ3) is 4.31. The van der Waals surface area contributed by atoms with E-state index in [1.54, 1.807) is 0 Å². The van der Waals surface area contributed by atoms with Crippen LogP contribution in [0.15, 0.2) is 30.3 Å². The molecule has 0 amide bonds. The van der Waals surface area contributed by atoms with Gasteiger partial charge in [0.2, 0.25) is 0 Å². The van der Waals surface area contributed by atoms with Crippen molar-refractivity contribution in [1.82, 2.24) is 0 Å². The number of Topliss-reactive ketones (excluding diaryl/α,β-unsaturated/α-hetero) is 4. The number of aryl methyl sites for hydroxylation is 1. The van der Waals surface area contributed by atoms with Crippen molar-refractivity contribution in [2.75, 3.05) is 0 Å². The van der Waals surface area contributed by atoms with E-state index in [0.717, 1.165) is 5.56 Å². The van der Waals surface area contributed by atoms with Crippen LogP contribution in [0.4, 0.5) is 0 Å². The van der Waals surface area contributed by atoms with Gasteiger partial charge in [0.05, 0.1) is 11.3 Å². The van der Waals surface area contributed by atoms with Crippen LogP contribution in [0, 0.1) is 17.3 Å². The molecule has 0 N–H and O–H groups in total. The third-order valence-electron chi connectivity index (χ3n) is 5.91. The Labute approximate surface area is 168 Å². The Morgan fingerprint density at radius 2 is 1.50 bits per heavy atom. The molecule has 2 unspecified atom stereocenters. The van der Waals surface area contributed by atoms with E-state index in [-0.39, 0.29) is 18.0 Å². The van der Waals surface area contributed by atoms with Crippen LogP contribution in [0.5, 0.6) is 0 Å². The molecule has 0 saturated heterocycles. The van der Waals surface area contributed by atoms with Crippen LogP contribution in [0.2, 0.25) is 0 Å². The van der Waals surface area contributed by atoms with Crippen molar-refractivity contribution >= 4 is 23.1 Å². The highest BCUT2D eigenvalue weighted by Gasteiger charge is 2.58. The highest BCUT2D eigenvalue weighted by atomic mass is 16.2. The van der Waals surface area contributed by atoms with Gasteiger partial charge in [0, 0.05) is 6.42 Å². The molecule has 0 aromatic heterocycles. The van der Waals surface area contributed by atoms with Crippen molar-refractivity contribution in [3.63, 3.8) is 0 Å². The van der Waals surface area contributed by atoms with Gasteiger partial charge in [-0.3, -0.25) is 19.2 Å². The summed E-state index contributed by atoms with van der Waals surface area (Å²) in [5.41, 5.74) is -0.161. The van der Waals surface area contributed by atoms with E-state index in [9.17, 15) is 19.2 Å². The maximum absolute atomic E-state index is 13.4. The summed E-state index contributed by atoms with van der Waals surface area (Å²) in [4.78, 5) is 52.6. The van der Waals surface area contributed by atoms with Crippen LogP contribution in [0.1, 0.15) is 71.3 Å². The minimum Gasteiger partial charge on any atom is -0.298 e. The van der Waals surface area contributed by atoms with Crippen LogP contribution in [0.25, 0.3) is 0 Å². The van der Waals surface area contributed by atoms with E-state index in [4.69, 9.17) is 0 Å². The molecule has 0 bridgehead atoms. The van der Waals surface area contributed by atoms with Crippen molar-refractivity contribution in [2.45, 2.75) is 72.1 Å². The third-order valence-corrected chi connectivity index (χ3v) is 5.91. The molecule has 0 spiro atoms. The Kier molecular flexibility index (Phi) is 7.85. The first-order valence-corrected chi connectivity index (χ1v) is 10.6. The molecule has 1 saturated carbocycles. The Morgan fingerprint density at radius 1 is 0.893 bits per heavy atom. The monoisotopic (exact) mass is 384 g/mol. The summed E-state index contributed by atoms with van der Waals surface area (Å²) in [5, 5.41) is 0. The second-order valence-corrected chi connectivity index (χ2v) is 7.94. The van der Waals surface area contributed by atoms with Crippen LogP contribution >= 0.6 is 0 Å². The fourth-order valence-corrected chi connectivity index (χ4v) is 4.59. The Bertz CT molecular complexity index is 713. The Hall–Kier alpha value is -2.10. The standard InChI is InChI=1S/C24H32O4/c1-4-10-18-21(26)20(19(25)14-13-17-11-8-7-9-12-17)23(28)24(15-5-2,16-6-3)22(18)27/h7-9,11-12,18,20H,4-6,10,13-16H2,1-3H3. The summed E-state index contributed by atoms with van der Waals surface area (Å²) in [6.07, 6.45) is 3.94. The molecule has 1 aromatic carbocycles. The largest absolute Gasteiger partial charge is 0.298 e. The molecular formula is C24H32O4. The van der Waals surface area contributed by atoms with E-state index in [2.05, 4.69) is 0 Å². The summed E-state index contributed by atoms with van der Waals surface area (Å²) in [6, 6.07) is 9.57. The predicted octanol–water partition coefficient (Wildman–Crippen LogP) is 4.53. The molecule has 1 fully saturated rings. The highest BCUT2D eigenvalue weighted by Crippen LogP contribution is 2.43. The topological polar surface area (TPSA) is 68.3 Å². The smallest absolute Gasteiger partial charge is 0.164 e. The van der Waals surface area contributed by atoms with E-state index < -0.39 is 28.8 Å². The first-order valence-electron chi connectivity index (χ1n) is 10.6. The molecule has 0 radical (unpaired) electrons. The second-order valence-electron chi connectivity index (χ2n) is 7.94. The van der Waals surface area contributed by atoms with Gasteiger partial charge in [0.15, 0.2) is 23.1 Å². The molecule has 2 atom stereocenters. The van der Waals surface area contributed by atoms with Crippen LogP contribution in [-0.4, -0.2) is 23.1 Å². The van der Waals surface area contributed by atoms with Crippen LogP contribution in [0.3, 0.4) is 0 Å². The predicted molar refractivity (Wildman–Crippen MR) is 109 cm³/mol. The fourth-order valence-electron chi connectivity index (χ4n) is 4.59.